The molecule has 0 aromatic carbocycles. The van der Waals surface area contributed by atoms with Crippen LogP contribution >= 0.6 is 24.8 Å². The van der Waals surface area contributed by atoms with E-state index < -0.39 is 0 Å². The molecule has 1 aromatic rings. The second-order valence-electron chi connectivity index (χ2n) is 7.80. The molecular weight excluding hydrogens is 401 g/mol. The fourth-order valence-corrected chi connectivity index (χ4v) is 4.25. The standard InChI is InChI=1S/C19H31N5O2.2ClH/c25-19(4-3-16-12-17-13-20-7-10-24(17)22-16)21-15-5-8-23(9-6-15)14-18-2-1-11-26-18;;/h12,15,18,20H,1-11,13-14H2,(H,21,25);2*1H. The smallest absolute Gasteiger partial charge is 0.220 e. The van der Waals surface area contributed by atoms with Crippen molar-refractivity contribution in [2.24, 2.45) is 0 Å². The highest BCUT2D eigenvalue weighted by molar-refractivity contribution is 5.85. The van der Waals surface area contributed by atoms with Crippen LogP contribution in [0.4, 0.5) is 0 Å². The number of nitrogens with one attached hydrogen (secondary N) is 2. The number of halogens is 2. The molecule has 2 N–H and O–H groups in total. The van der Waals surface area contributed by atoms with Gasteiger partial charge in [-0.2, -0.15) is 5.10 Å². The number of hydrogen-bond acceptors (Lipinski definition) is 5. The van der Waals surface area contributed by atoms with E-state index in [1.807, 2.05) is 0 Å². The highest BCUT2D eigenvalue weighted by Gasteiger charge is 2.24. The summed E-state index contributed by atoms with van der Waals surface area (Å²) in [6.45, 7) is 6.88. The average Bonchev–Trinajstić information content (AvgIpc) is 3.30. The number of nitrogens with zero attached hydrogens (tertiary/aromatic N) is 3. The molecule has 0 radical (unpaired) electrons. The van der Waals surface area contributed by atoms with Gasteiger partial charge in [0.25, 0.3) is 0 Å². The SMILES string of the molecule is Cl.Cl.O=C(CCc1cc2n(n1)CCNC2)NC1CCN(CC2CCCO2)CC1. The molecule has 3 aliphatic heterocycles. The first-order chi connectivity index (χ1) is 12.8. The molecule has 0 bridgehead atoms. The van der Waals surface area contributed by atoms with Crippen LogP contribution in [0.2, 0.25) is 0 Å². The van der Waals surface area contributed by atoms with Crippen molar-refractivity contribution in [1.82, 2.24) is 25.3 Å². The van der Waals surface area contributed by atoms with Crippen LogP contribution in [-0.4, -0.2) is 65.5 Å². The summed E-state index contributed by atoms with van der Waals surface area (Å²) in [4.78, 5) is 14.8. The van der Waals surface area contributed by atoms with Crippen molar-refractivity contribution in [3.05, 3.63) is 17.5 Å². The number of hydrogen-bond donors (Lipinski definition) is 2. The normalized spacial score (nSPS) is 22.8. The van der Waals surface area contributed by atoms with Gasteiger partial charge in [-0.15, -0.1) is 24.8 Å². The quantitative estimate of drug-likeness (QED) is 0.711. The first kappa shape index (κ1) is 23.4. The van der Waals surface area contributed by atoms with E-state index >= 15 is 0 Å². The first-order valence-corrected chi connectivity index (χ1v) is 10.2. The van der Waals surface area contributed by atoms with Crippen LogP contribution in [0.25, 0.3) is 0 Å². The van der Waals surface area contributed by atoms with Crippen molar-refractivity contribution >= 4 is 30.7 Å². The Bertz CT molecular complexity index is 590. The Labute approximate surface area is 179 Å². The fraction of sp³-hybridized carbons (Fsp3) is 0.789. The molecule has 2 fully saturated rings. The zero-order valence-corrected chi connectivity index (χ0v) is 18.0. The third-order valence-electron chi connectivity index (χ3n) is 5.77. The van der Waals surface area contributed by atoms with Crippen molar-refractivity contribution < 1.29 is 9.53 Å². The molecule has 1 unspecified atom stereocenters. The van der Waals surface area contributed by atoms with Crippen molar-refractivity contribution in [3.63, 3.8) is 0 Å². The molecule has 4 rings (SSSR count). The molecule has 2 saturated heterocycles. The van der Waals surface area contributed by atoms with Crippen LogP contribution in [0.5, 0.6) is 0 Å². The van der Waals surface area contributed by atoms with Gasteiger partial charge in [0, 0.05) is 58.2 Å². The maximum absolute atomic E-state index is 12.3. The van der Waals surface area contributed by atoms with Gasteiger partial charge in [-0.25, -0.2) is 0 Å². The third-order valence-corrected chi connectivity index (χ3v) is 5.77. The second kappa shape index (κ2) is 11.4. The highest BCUT2D eigenvalue weighted by Crippen LogP contribution is 2.17. The molecular formula is C19H33Cl2N5O2. The van der Waals surface area contributed by atoms with E-state index in [4.69, 9.17) is 4.74 Å². The number of ether oxygens (including phenoxy) is 1. The van der Waals surface area contributed by atoms with Crippen molar-refractivity contribution in [1.29, 1.82) is 0 Å². The number of piperidine rings is 1. The van der Waals surface area contributed by atoms with E-state index in [1.54, 1.807) is 0 Å². The monoisotopic (exact) mass is 433 g/mol. The van der Waals surface area contributed by atoms with E-state index in [-0.39, 0.29) is 30.7 Å². The van der Waals surface area contributed by atoms with E-state index in [9.17, 15) is 4.79 Å². The van der Waals surface area contributed by atoms with Gasteiger partial charge in [0.2, 0.25) is 5.91 Å². The van der Waals surface area contributed by atoms with Crippen LogP contribution < -0.4 is 10.6 Å². The summed E-state index contributed by atoms with van der Waals surface area (Å²) in [5, 5.41) is 11.2. The third kappa shape index (κ3) is 6.32. The number of rotatable bonds is 6. The molecule has 9 heteroatoms. The number of aryl methyl sites for hydroxylation is 1. The maximum atomic E-state index is 12.3. The van der Waals surface area contributed by atoms with E-state index in [2.05, 4.69) is 31.4 Å². The zero-order valence-electron chi connectivity index (χ0n) is 16.4. The second-order valence-corrected chi connectivity index (χ2v) is 7.80. The molecule has 3 aliphatic rings. The minimum atomic E-state index is 0. The van der Waals surface area contributed by atoms with Gasteiger partial charge in [-0.05, 0) is 31.7 Å². The van der Waals surface area contributed by atoms with E-state index in [0.717, 1.165) is 70.8 Å². The predicted molar refractivity (Wildman–Crippen MR) is 113 cm³/mol. The lowest BCUT2D eigenvalue weighted by molar-refractivity contribution is -0.122. The number of carbonyl (C=O) groups is 1. The Morgan fingerprint density at radius 1 is 1.25 bits per heavy atom. The summed E-state index contributed by atoms with van der Waals surface area (Å²) >= 11 is 0. The van der Waals surface area contributed by atoms with Gasteiger partial charge in [-0.3, -0.25) is 9.48 Å². The summed E-state index contributed by atoms with van der Waals surface area (Å²) in [7, 11) is 0. The van der Waals surface area contributed by atoms with Crippen molar-refractivity contribution in [2.45, 2.75) is 63.8 Å². The topological polar surface area (TPSA) is 71.4 Å². The first-order valence-electron chi connectivity index (χ1n) is 10.2. The Kier molecular flexibility index (Phi) is 9.50. The molecule has 0 spiro atoms. The highest BCUT2D eigenvalue weighted by atomic mass is 35.5. The summed E-state index contributed by atoms with van der Waals surface area (Å²) < 4.78 is 7.79. The van der Waals surface area contributed by atoms with Crippen LogP contribution in [0.3, 0.4) is 0 Å². The molecule has 0 saturated carbocycles. The maximum Gasteiger partial charge on any atom is 0.220 e. The number of amides is 1. The summed E-state index contributed by atoms with van der Waals surface area (Å²) in [5.74, 6) is 0.159. The zero-order chi connectivity index (χ0) is 17.8. The van der Waals surface area contributed by atoms with Crippen LogP contribution in [0, 0.1) is 0 Å². The van der Waals surface area contributed by atoms with Gasteiger partial charge >= 0.3 is 0 Å². The van der Waals surface area contributed by atoms with Gasteiger partial charge in [-0.1, -0.05) is 0 Å². The summed E-state index contributed by atoms with van der Waals surface area (Å²) in [5.41, 5.74) is 2.26. The molecule has 0 aliphatic carbocycles. The predicted octanol–water partition coefficient (Wildman–Crippen LogP) is 1.52. The fourth-order valence-electron chi connectivity index (χ4n) is 4.25. The van der Waals surface area contributed by atoms with Crippen LogP contribution in [-0.2, 0) is 29.0 Å². The molecule has 160 valence electrons. The molecule has 28 heavy (non-hydrogen) atoms. The van der Waals surface area contributed by atoms with E-state index in [0.29, 0.717) is 18.6 Å². The largest absolute Gasteiger partial charge is 0.377 e. The van der Waals surface area contributed by atoms with E-state index in [1.165, 1.54) is 18.5 Å². The molecule has 1 atom stereocenters. The van der Waals surface area contributed by atoms with Crippen molar-refractivity contribution in [3.8, 4) is 0 Å². The summed E-state index contributed by atoms with van der Waals surface area (Å²) in [6.07, 6.45) is 6.17. The summed E-state index contributed by atoms with van der Waals surface area (Å²) in [6, 6.07) is 2.45. The van der Waals surface area contributed by atoms with Crippen molar-refractivity contribution in [2.75, 3.05) is 32.8 Å². The lowest BCUT2D eigenvalue weighted by Crippen LogP contribution is -2.46. The number of likely N-dealkylation sites (tertiary alicyclic amines) is 1. The van der Waals surface area contributed by atoms with Gasteiger partial charge in [0.15, 0.2) is 0 Å². The van der Waals surface area contributed by atoms with Crippen LogP contribution in [0.15, 0.2) is 6.07 Å². The minimum Gasteiger partial charge on any atom is -0.377 e. The lowest BCUT2D eigenvalue weighted by atomic mass is 10.0. The molecule has 1 aromatic heterocycles. The Balaban J connectivity index is 0.00000140. The Morgan fingerprint density at radius 3 is 2.79 bits per heavy atom. The number of carbonyl (C=O) groups excluding carboxylic acids is 1. The van der Waals surface area contributed by atoms with Gasteiger partial charge in [0.1, 0.15) is 0 Å². The number of fused-ring (bicyclic) bond motifs is 1. The van der Waals surface area contributed by atoms with Gasteiger partial charge < -0.3 is 20.3 Å². The van der Waals surface area contributed by atoms with Gasteiger partial charge in [0.05, 0.1) is 24.0 Å². The molecule has 1 amide bonds. The molecule has 7 nitrogen and oxygen atoms in total. The lowest BCUT2D eigenvalue weighted by Gasteiger charge is -2.33. The minimum absolute atomic E-state index is 0. The Morgan fingerprint density at radius 2 is 2.07 bits per heavy atom. The number of aromatic nitrogens is 2. The molecule has 4 heterocycles. The average molecular weight is 434 g/mol. The van der Waals surface area contributed by atoms with Crippen LogP contribution in [0.1, 0.15) is 43.5 Å². The Hall–Kier alpha value is -0.860.